The molecule has 0 saturated heterocycles. The van der Waals surface area contributed by atoms with Gasteiger partial charge in [0.15, 0.2) is 0 Å². The molecule has 0 aliphatic carbocycles. The molecule has 0 aliphatic rings. The van der Waals surface area contributed by atoms with Crippen LogP contribution in [0.25, 0.3) is 5.69 Å². The van der Waals surface area contributed by atoms with Crippen molar-refractivity contribution in [1.29, 1.82) is 0 Å². The fourth-order valence-electron chi connectivity index (χ4n) is 1.66. The van der Waals surface area contributed by atoms with E-state index in [-0.39, 0.29) is 5.15 Å². The Balaban J connectivity index is 2.87. The Bertz CT molecular complexity index is 682. The number of nitrogens with one attached hydrogen (secondary N) is 1. The van der Waals surface area contributed by atoms with E-state index >= 15 is 0 Å². The number of aromatic amines is 1. The lowest BCUT2D eigenvalue weighted by atomic mass is 10.2. The summed E-state index contributed by atoms with van der Waals surface area (Å²) in [7, 11) is 0. The first-order valence-corrected chi connectivity index (χ1v) is 6.84. The number of aryl methyl sites for hydroxylation is 1. The summed E-state index contributed by atoms with van der Waals surface area (Å²) in [4.78, 5) is 26.1. The number of rotatable bonds is 1. The zero-order chi connectivity index (χ0) is 13.4. The van der Waals surface area contributed by atoms with Gasteiger partial charge in [0.1, 0.15) is 5.15 Å². The Labute approximate surface area is 124 Å². The van der Waals surface area contributed by atoms with Crippen LogP contribution in [0.1, 0.15) is 5.56 Å². The quantitative estimate of drug-likeness (QED) is 0.756. The Morgan fingerprint density at radius 1 is 1.22 bits per heavy atom. The molecular weight excluding hydrogens is 387 g/mol. The van der Waals surface area contributed by atoms with Gasteiger partial charge < -0.3 is 0 Å². The predicted octanol–water partition coefficient (Wildman–Crippen LogP) is 3.01. The maximum Gasteiger partial charge on any atom is 0.334 e. The summed E-state index contributed by atoms with van der Waals surface area (Å²) >= 11 is 12.3. The molecule has 1 heterocycles. The van der Waals surface area contributed by atoms with Gasteiger partial charge >= 0.3 is 5.69 Å². The van der Waals surface area contributed by atoms with E-state index in [9.17, 15) is 9.59 Å². The van der Waals surface area contributed by atoms with Gasteiger partial charge in [0.25, 0.3) is 5.56 Å². The van der Waals surface area contributed by atoms with E-state index in [4.69, 9.17) is 11.6 Å². The van der Waals surface area contributed by atoms with E-state index in [0.29, 0.717) is 10.2 Å². The van der Waals surface area contributed by atoms with Gasteiger partial charge in [-0.2, -0.15) is 0 Å². The first kappa shape index (κ1) is 13.6. The fourth-order valence-corrected chi connectivity index (χ4v) is 3.45. The van der Waals surface area contributed by atoms with E-state index in [1.54, 1.807) is 6.07 Å². The molecule has 2 rings (SSSR count). The molecule has 2 aromatic rings. The van der Waals surface area contributed by atoms with Crippen molar-refractivity contribution in [2.75, 3.05) is 0 Å². The van der Waals surface area contributed by atoms with Crippen molar-refractivity contribution in [2.24, 2.45) is 0 Å². The number of nitrogens with zero attached hydrogens (tertiary/aromatic N) is 1. The van der Waals surface area contributed by atoms with Crippen molar-refractivity contribution in [3.05, 3.63) is 58.7 Å². The van der Waals surface area contributed by atoms with Gasteiger partial charge in [-0.1, -0.05) is 27.5 Å². The van der Waals surface area contributed by atoms with Crippen LogP contribution in [0.5, 0.6) is 0 Å². The zero-order valence-electron chi connectivity index (χ0n) is 9.13. The van der Waals surface area contributed by atoms with Gasteiger partial charge in [-0.25, -0.2) is 9.36 Å². The van der Waals surface area contributed by atoms with Gasteiger partial charge in [-0.3, -0.25) is 9.78 Å². The number of halogens is 3. The summed E-state index contributed by atoms with van der Waals surface area (Å²) in [5, 5.41) is 0.0205. The third-order valence-electron chi connectivity index (χ3n) is 2.34. The molecule has 0 aliphatic heterocycles. The van der Waals surface area contributed by atoms with Crippen molar-refractivity contribution in [3.63, 3.8) is 0 Å². The van der Waals surface area contributed by atoms with Crippen LogP contribution in [0, 0.1) is 6.92 Å². The van der Waals surface area contributed by atoms with E-state index in [0.717, 1.165) is 20.7 Å². The van der Waals surface area contributed by atoms with Crippen molar-refractivity contribution >= 4 is 43.5 Å². The Hall–Kier alpha value is -0.850. The molecule has 0 amide bonds. The maximum absolute atomic E-state index is 11.9. The third kappa shape index (κ3) is 2.46. The molecular formula is C11H7Br2ClN2O2. The predicted molar refractivity (Wildman–Crippen MR) is 77.8 cm³/mol. The molecule has 1 aromatic heterocycles. The van der Waals surface area contributed by atoms with Gasteiger partial charge in [-0.05, 0) is 40.5 Å². The molecule has 18 heavy (non-hydrogen) atoms. The van der Waals surface area contributed by atoms with E-state index in [1.165, 1.54) is 0 Å². The number of hydrogen-bond donors (Lipinski definition) is 1. The highest BCUT2D eigenvalue weighted by Gasteiger charge is 2.12. The Morgan fingerprint density at radius 2 is 1.89 bits per heavy atom. The van der Waals surface area contributed by atoms with Gasteiger partial charge in [0.05, 0.1) is 5.69 Å². The molecule has 0 fully saturated rings. The van der Waals surface area contributed by atoms with Crippen LogP contribution in [-0.2, 0) is 0 Å². The van der Waals surface area contributed by atoms with Crippen LogP contribution >= 0.6 is 43.5 Å². The average molecular weight is 394 g/mol. The second-order valence-corrected chi connectivity index (χ2v) is 5.83. The number of hydrogen-bond acceptors (Lipinski definition) is 2. The van der Waals surface area contributed by atoms with Crippen LogP contribution in [0.2, 0.25) is 5.15 Å². The maximum atomic E-state index is 11.9. The Morgan fingerprint density at radius 3 is 2.44 bits per heavy atom. The first-order chi connectivity index (χ1) is 8.40. The van der Waals surface area contributed by atoms with Crippen LogP contribution in [0.15, 0.2) is 36.7 Å². The molecule has 0 radical (unpaired) electrons. The second kappa shape index (κ2) is 5.03. The second-order valence-electron chi connectivity index (χ2n) is 3.65. The molecule has 0 spiro atoms. The summed E-state index contributed by atoms with van der Waals surface area (Å²) in [6.45, 7) is 1.81. The zero-order valence-corrected chi connectivity index (χ0v) is 13.1. The highest BCUT2D eigenvalue weighted by molar-refractivity contribution is 9.11. The molecule has 1 aromatic carbocycles. The van der Waals surface area contributed by atoms with Gasteiger partial charge in [-0.15, -0.1) is 0 Å². The SMILES string of the molecule is Cc1cc(Br)cc(Br)c1-n1c(=O)cc(Cl)[nH]c1=O. The minimum atomic E-state index is -0.571. The highest BCUT2D eigenvalue weighted by Crippen LogP contribution is 2.27. The van der Waals surface area contributed by atoms with Crippen molar-refractivity contribution in [3.8, 4) is 5.69 Å². The summed E-state index contributed by atoms with van der Waals surface area (Å²) in [6, 6.07) is 4.75. The third-order valence-corrected chi connectivity index (χ3v) is 3.61. The largest absolute Gasteiger partial charge is 0.334 e. The minimum Gasteiger partial charge on any atom is -0.297 e. The number of H-pyrrole nitrogens is 1. The standard InChI is InChI=1S/C11H7Br2ClN2O2/c1-5-2-6(12)3-7(13)10(5)16-9(17)4-8(14)15-11(16)18/h2-4H,1H3,(H,15,18). The lowest BCUT2D eigenvalue weighted by Gasteiger charge is -2.11. The lowest BCUT2D eigenvalue weighted by molar-refractivity contribution is 0.865. The Kier molecular flexibility index (Phi) is 3.79. The first-order valence-electron chi connectivity index (χ1n) is 4.88. The topological polar surface area (TPSA) is 54.9 Å². The van der Waals surface area contributed by atoms with Crippen LogP contribution < -0.4 is 11.2 Å². The molecule has 0 atom stereocenters. The smallest absolute Gasteiger partial charge is 0.297 e. The van der Waals surface area contributed by atoms with Crippen LogP contribution in [0.4, 0.5) is 0 Å². The van der Waals surface area contributed by atoms with E-state index in [2.05, 4.69) is 36.8 Å². The summed E-state index contributed by atoms with van der Waals surface area (Å²) in [5.41, 5.74) is 0.237. The van der Waals surface area contributed by atoms with Crippen molar-refractivity contribution in [1.82, 2.24) is 9.55 Å². The number of aromatic nitrogens is 2. The van der Waals surface area contributed by atoms with E-state index < -0.39 is 11.2 Å². The summed E-state index contributed by atoms with van der Waals surface area (Å²) in [5.74, 6) is 0. The number of benzene rings is 1. The molecule has 0 saturated carbocycles. The van der Waals surface area contributed by atoms with Gasteiger partial charge in [0, 0.05) is 15.0 Å². The van der Waals surface area contributed by atoms with Crippen LogP contribution in [0.3, 0.4) is 0 Å². The molecule has 7 heteroatoms. The fraction of sp³-hybridized carbons (Fsp3) is 0.0909. The van der Waals surface area contributed by atoms with Crippen molar-refractivity contribution < 1.29 is 0 Å². The highest BCUT2D eigenvalue weighted by atomic mass is 79.9. The van der Waals surface area contributed by atoms with Crippen LogP contribution in [-0.4, -0.2) is 9.55 Å². The summed E-state index contributed by atoms with van der Waals surface area (Å²) in [6.07, 6.45) is 0. The molecule has 94 valence electrons. The molecule has 1 N–H and O–H groups in total. The normalized spacial score (nSPS) is 10.7. The van der Waals surface area contributed by atoms with E-state index in [1.807, 2.05) is 13.0 Å². The average Bonchev–Trinajstić information content (AvgIpc) is 2.20. The minimum absolute atomic E-state index is 0.0205. The lowest BCUT2D eigenvalue weighted by Crippen LogP contribution is -2.33. The summed E-state index contributed by atoms with van der Waals surface area (Å²) < 4.78 is 2.54. The monoisotopic (exact) mass is 392 g/mol. The van der Waals surface area contributed by atoms with Crippen molar-refractivity contribution in [2.45, 2.75) is 6.92 Å². The molecule has 4 nitrogen and oxygen atoms in total. The molecule has 0 unspecified atom stereocenters. The molecule has 0 bridgehead atoms. The van der Waals surface area contributed by atoms with Gasteiger partial charge in [0.2, 0.25) is 0 Å².